The molecule has 3 amide bonds. The molecule has 2 N–H and O–H groups in total. The predicted octanol–water partition coefficient (Wildman–Crippen LogP) is 2.95. The van der Waals surface area contributed by atoms with E-state index in [-0.39, 0.29) is 30.6 Å². The van der Waals surface area contributed by atoms with E-state index in [1.807, 2.05) is 24.8 Å². The Morgan fingerprint density at radius 1 is 1.06 bits per heavy atom. The van der Waals surface area contributed by atoms with Crippen LogP contribution in [-0.4, -0.2) is 47.2 Å². The summed E-state index contributed by atoms with van der Waals surface area (Å²) in [6.45, 7) is 5.16. The van der Waals surface area contributed by atoms with Gasteiger partial charge in [-0.05, 0) is 48.4 Å². The van der Waals surface area contributed by atoms with E-state index < -0.39 is 0 Å². The maximum absolute atomic E-state index is 12.7. The number of carbonyl (C=O) groups is 3. The van der Waals surface area contributed by atoms with Crippen molar-refractivity contribution in [3.05, 3.63) is 59.2 Å². The Morgan fingerprint density at radius 2 is 1.81 bits per heavy atom. The van der Waals surface area contributed by atoms with Gasteiger partial charge in [-0.1, -0.05) is 12.1 Å². The van der Waals surface area contributed by atoms with E-state index in [1.165, 1.54) is 22.1 Å². The number of hydrogen-bond donors (Lipinski definition) is 2. The van der Waals surface area contributed by atoms with E-state index >= 15 is 0 Å². The zero-order valence-corrected chi connectivity index (χ0v) is 18.3. The van der Waals surface area contributed by atoms with Crippen LogP contribution < -0.4 is 15.8 Å². The Morgan fingerprint density at radius 3 is 2.52 bits per heavy atom. The molecule has 8 heteroatoms. The van der Waals surface area contributed by atoms with Gasteiger partial charge in [0.25, 0.3) is 5.91 Å². The van der Waals surface area contributed by atoms with Crippen molar-refractivity contribution < 1.29 is 14.4 Å². The lowest BCUT2D eigenvalue weighted by molar-refractivity contribution is -0.130. The van der Waals surface area contributed by atoms with Gasteiger partial charge in [0.15, 0.2) is 0 Å². The molecule has 4 rings (SSSR count). The number of rotatable bonds is 5. The number of nitrogens with one attached hydrogen (secondary N) is 2. The third kappa shape index (κ3) is 5.26. The molecular weight excluding hydrogens is 412 g/mol. The first-order chi connectivity index (χ1) is 15.0. The van der Waals surface area contributed by atoms with Gasteiger partial charge in [0.2, 0.25) is 11.8 Å². The number of hydrazine groups is 1. The van der Waals surface area contributed by atoms with Crippen molar-refractivity contribution in [2.24, 2.45) is 0 Å². The lowest BCUT2D eigenvalue weighted by Crippen LogP contribution is -2.50. The van der Waals surface area contributed by atoms with Crippen LogP contribution in [0.3, 0.4) is 0 Å². The number of amides is 3. The van der Waals surface area contributed by atoms with Gasteiger partial charge in [-0.25, -0.2) is 5.01 Å². The lowest BCUT2D eigenvalue weighted by Gasteiger charge is -2.27. The van der Waals surface area contributed by atoms with Gasteiger partial charge < -0.3 is 5.32 Å². The first-order valence-corrected chi connectivity index (χ1v) is 11.6. The second-order valence-electron chi connectivity index (χ2n) is 7.80. The van der Waals surface area contributed by atoms with Gasteiger partial charge in [-0.3, -0.25) is 24.7 Å². The fourth-order valence-corrected chi connectivity index (χ4v) is 4.70. The minimum atomic E-state index is -0.218. The highest BCUT2D eigenvalue weighted by Crippen LogP contribution is 2.22. The number of nitrogens with zero attached hydrogens (tertiary/aromatic N) is 2. The van der Waals surface area contributed by atoms with Gasteiger partial charge >= 0.3 is 0 Å². The van der Waals surface area contributed by atoms with Crippen LogP contribution in [0.1, 0.15) is 34.3 Å². The third-order valence-electron chi connectivity index (χ3n) is 5.49. The summed E-state index contributed by atoms with van der Waals surface area (Å²) in [5, 5.41) is 4.20. The molecule has 162 valence electrons. The molecule has 0 aliphatic carbocycles. The standard InChI is InChI=1S/C23H26N4O3S/c1-16-14-17(15-26-10-12-31-13-11-26)2-7-20(16)24-23(30)18-3-5-19(6-4-18)27-22(29)9-8-21(28)25-27/h2-7,14H,8-13,15H2,1H3,(H,24,30)(H,25,28). The van der Waals surface area contributed by atoms with Crippen LogP contribution in [0, 0.1) is 6.92 Å². The van der Waals surface area contributed by atoms with E-state index in [9.17, 15) is 14.4 Å². The van der Waals surface area contributed by atoms with Crippen LogP contribution in [0.5, 0.6) is 0 Å². The maximum Gasteiger partial charge on any atom is 0.255 e. The Kier molecular flexibility index (Phi) is 6.58. The molecule has 2 heterocycles. The molecule has 0 spiro atoms. The van der Waals surface area contributed by atoms with Crippen molar-refractivity contribution in [1.29, 1.82) is 0 Å². The Bertz CT molecular complexity index is 987. The summed E-state index contributed by atoms with van der Waals surface area (Å²) in [5.41, 5.74) is 6.62. The highest BCUT2D eigenvalue weighted by Gasteiger charge is 2.24. The summed E-state index contributed by atoms with van der Waals surface area (Å²) in [4.78, 5) is 38.7. The molecule has 0 aromatic heterocycles. The molecule has 7 nitrogen and oxygen atoms in total. The third-order valence-corrected chi connectivity index (χ3v) is 6.43. The number of anilines is 2. The second kappa shape index (κ2) is 9.53. The van der Waals surface area contributed by atoms with Gasteiger partial charge in [-0.2, -0.15) is 11.8 Å². The zero-order valence-electron chi connectivity index (χ0n) is 17.5. The number of hydrogen-bond acceptors (Lipinski definition) is 5. The summed E-state index contributed by atoms with van der Waals surface area (Å²) in [6, 6.07) is 12.8. The summed E-state index contributed by atoms with van der Waals surface area (Å²) < 4.78 is 0. The van der Waals surface area contributed by atoms with Crippen LogP contribution in [0.4, 0.5) is 11.4 Å². The fourth-order valence-electron chi connectivity index (χ4n) is 3.72. The second-order valence-corrected chi connectivity index (χ2v) is 9.03. The van der Waals surface area contributed by atoms with Crippen LogP contribution in [0.2, 0.25) is 0 Å². The molecule has 0 saturated carbocycles. The van der Waals surface area contributed by atoms with Crippen molar-refractivity contribution >= 4 is 40.9 Å². The summed E-state index contributed by atoms with van der Waals surface area (Å²) in [7, 11) is 0. The molecule has 0 bridgehead atoms. The number of aryl methyl sites for hydroxylation is 1. The van der Waals surface area contributed by atoms with Gasteiger partial charge in [0, 0.05) is 55.2 Å². The van der Waals surface area contributed by atoms with Crippen molar-refractivity contribution in [2.75, 3.05) is 34.9 Å². The van der Waals surface area contributed by atoms with Crippen LogP contribution in [-0.2, 0) is 16.1 Å². The Balaban J connectivity index is 1.39. The smallest absolute Gasteiger partial charge is 0.255 e. The number of benzene rings is 2. The normalized spacial score (nSPS) is 17.4. The van der Waals surface area contributed by atoms with E-state index in [2.05, 4.69) is 27.8 Å². The quantitative estimate of drug-likeness (QED) is 0.750. The highest BCUT2D eigenvalue weighted by molar-refractivity contribution is 7.99. The molecule has 0 unspecified atom stereocenters. The average Bonchev–Trinajstić information content (AvgIpc) is 2.78. The van der Waals surface area contributed by atoms with Crippen molar-refractivity contribution in [2.45, 2.75) is 26.3 Å². The van der Waals surface area contributed by atoms with Gasteiger partial charge in [0.05, 0.1) is 5.69 Å². The first-order valence-electron chi connectivity index (χ1n) is 10.4. The topological polar surface area (TPSA) is 81.8 Å². The number of thioether (sulfide) groups is 1. The monoisotopic (exact) mass is 438 g/mol. The van der Waals surface area contributed by atoms with E-state index in [1.54, 1.807) is 24.3 Å². The zero-order chi connectivity index (χ0) is 21.8. The lowest BCUT2D eigenvalue weighted by atomic mass is 10.1. The van der Waals surface area contributed by atoms with Gasteiger partial charge in [0.1, 0.15) is 0 Å². The van der Waals surface area contributed by atoms with Crippen molar-refractivity contribution in [3.63, 3.8) is 0 Å². The predicted molar refractivity (Wildman–Crippen MR) is 123 cm³/mol. The van der Waals surface area contributed by atoms with E-state index in [0.717, 1.165) is 30.9 Å². The minimum absolute atomic E-state index is 0.171. The molecule has 2 aliphatic rings. The molecule has 2 fully saturated rings. The van der Waals surface area contributed by atoms with Crippen molar-refractivity contribution in [3.8, 4) is 0 Å². The molecule has 2 aliphatic heterocycles. The highest BCUT2D eigenvalue weighted by atomic mass is 32.2. The van der Waals surface area contributed by atoms with E-state index in [4.69, 9.17) is 0 Å². The maximum atomic E-state index is 12.7. The van der Waals surface area contributed by atoms with E-state index in [0.29, 0.717) is 11.3 Å². The Labute approximate surface area is 186 Å². The molecule has 0 atom stereocenters. The fraction of sp³-hybridized carbons (Fsp3) is 0.348. The Hall–Kier alpha value is -2.84. The van der Waals surface area contributed by atoms with Crippen LogP contribution in [0.25, 0.3) is 0 Å². The SMILES string of the molecule is Cc1cc(CN2CCSCC2)ccc1NC(=O)c1ccc(N2NC(=O)CCC2=O)cc1. The minimum Gasteiger partial charge on any atom is -0.322 e. The van der Waals surface area contributed by atoms with Gasteiger partial charge in [-0.15, -0.1) is 0 Å². The molecule has 31 heavy (non-hydrogen) atoms. The molecule has 0 radical (unpaired) electrons. The largest absolute Gasteiger partial charge is 0.322 e. The molecule has 2 aromatic carbocycles. The first kappa shape index (κ1) is 21.4. The molecule has 2 saturated heterocycles. The van der Waals surface area contributed by atoms with Crippen molar-refractivity contribution in [1.82, 2.24) is 10.3 Å². The summed E-state index contributed by atoms with van der Waals surface area (Å²) in [6.07, 6.45) is 0.380. The summed E-state index contributed by atoms with van der Waals surface area (Å²) >= 11 is 2.00. The van der Waals surface area contributed by atoms with Crippen LogP contribution in [0.15, 0.2) is 42.5 Å². The average molecular weight is 439 g/mol. The summed E-state index contributed by atoms with van der Waals surface area (Å²) in [5.74, 6) is 1.79. The molecule has 2 aromatic rings. The van der Waals surface area contributed by atoms with Crippen LogP contribution >= 0.6 is 11.8 Å². The number of carbonyl (C=O) groups excluding carboxylic acids is 3. The molecular formula is C23H26N4O3S.